The van der Waals surface area contributed by atoms with Gasteiger partial charge in [0, 0.05) is 21.9 Å². The fourth-order valence-corrected chi connectivity index (χ4v) is 10.5. The lowest BCUT2D eigenvalue weighted by atomic mass is 9.85. The van der Waals surface area contributed by atoms with E-state index in [1.54, 1.807) is 22.7 Å². The van der Waals surface area contributed by atoms with Crippen LogP contribution in [0.15, 0.2) is 159 Å². The number of para-hydroxylation sites is 1. The number of hydrogen-bond donors (Lipinski definition) is 0. The number of aryl methyl sites for hydroxylation is 2. The Bertz CT molecular complexity index is 3150. The zero-order valence-electron chi connectivity index (χ0n) is 29.2. The molecule has 8 aromatic carbocycles. The first kappa shape index (κ1) is 30.6. The Morgan fingerprint density at radius 3 is 1.21 bits per heavy atom. The van der Waals surface area contributed by atoms with Gasteiger partial charge >= 0.3 is 0 Å². The molecule has 0 aliphatic carbocycles. The molecule has 3 aromatic heterocycles. The smallest absolute Gasteiger partial charge is 0.143 e. The molecular formula is C50H32OS2. The van der Waals surface area contributed by atoms with E-state index in [0.717, 1.165) is 27.5 Å². The van der Waals surface area contributed by atoms with E-state index < -0.39 is 0 Å². The lowest BCUT2D eigenvalue weighted by Crippen LogP contribution is -1.91. The summed E-state index contributed by atoms with van der Waals surface area (Å²) in [5, 5.41) is 21.4. The highest BCUT2D eigenvalue weighted by Crippen LogP contribution is 2.49. The van der Waals surface area contributed by atoms with Crippen LogP contribution in [0.2, 0.25) is 0 Å². The standard InChI is InChI=1S/C50H32OS2/c1-29-25-52-27-43(29)48-34-14-5-3-12-32(34)46(33-13-4-6-15-35(33)48)31-22-23-45-42(24-31)40-20-11-21-41(50(40)51-45)47-36-16-7-9-18-38(36)49(44-28-53-26-30(44)2)39-19-10-8-17-37(39)47/h3-28H,1-2H3. The maximum Gasteiger partial charge on any atom is 0.143 e. The maximum atomic E-state index is 6.91. The Morgan fingerprint density at radius 2 is 0.774 bits per heavy atom. The fraction of sp³-hybridized carbons (Fsp3) is 0.0400. The van der Waals surface area contributed by atoms with Crippen molar-refractivity contribution in [3.63, 3.8) is 0 Å². The van der Waals surface area contributed by atoms with Gasteiger partial charge in [0.2, 0.25) is 0 Å². The maximum absolute atomic E-state index is 6.91. The van der Waals surface area contributed by atoms with Gasteiger partial charge in [-0.2, -0.15) is 22.7 Å². The Hall–Kier alpha value is -6.00. The zero-order chi connectivity index (χ0) is 35.2. The lowest BCUT2D eigenvalue weighted by Gasteiger charge is -2.17. The van der Waals surface area contributed by atoms with Crippen LogP contribution in [0, 0.1) is 13.8 Å². The van der Waals surface area contributed by atoms with E-state index in [4.69, 9.17) is 4.42 Å². The van der Waals surface area contributed by atoms with Gasteiger partial charge in [0.25, 0.3) is 0 Å². The van der Waals surface area contributed by atoms with E-state index in [2.05, 4.69) is 169 Å². The van der Waals surface area contributed by atoms with Crippen LogP contribution in [0.4, 0.5) is 0 Å². The first-order valence-electron chi connectivity index (χ1n) is 18.0. The van der Waals surface area contributed by atoms with E-state index >= 15 is 0 Å². The predicted octanol–water partition coefficient (Wildman–Crippen LogP) is 15.6. The van der Waals surface area contributed by atoms with E-state index in [1.165, 1.54) is 93.2 Å². The molecule has 250 valence electrons. The van der Waals surface area contributed by atoms with Crippen molar-refractivity contribution >= 4 is 87.7 Å². The SMILES string of the molecule is Cc1cscc1-c1c2ccccc2c(-c2ccc3oc4c(-c5c6ccccc6c(-c6cscc6C)c6ccccc56)cccc4c3c2)c2ccccc12. The number of rotatable bonds is 4. The molecule has 3 heteroatoms. The summed E-state index contributed by atoms with van der Waals surface area (Å²) in [6, 6.07) is 49.0. The first-order valence-corrected chi connectivity index (χ1v) is 19.9. The first-order chi connectivity index (χ1) is 26.2. The third-order valence-corrected chi connectivity index (χ3v) is 12.9. The van der Waals surface area contributed by atoms with Gasteiger partial charge in [-0.3, -0.25) is 0 Å². The largest absolute Gasteiger partial charge is 0.455 e. The minimum atomic E-state index is 0.898. The van der Waals surface area contributed by atoms with Crippen LogP contribution >= 0.6 is 22.7 Å². The van der Waals surface area contributed by atoms with Crippen LogP contribution in [-0.4, -0.2) is 0 Å². The van der Waals surface area contributed by atoms with Crippen LogP contribution in [0.3, 0.4) is 0 Å². The molecule has 0 saturated carbocycles. The number of hydrogen-bond acceptors (Lipinski definition) is 3. The van der Waals surface area contributed by atoms with E-state index in [1.807, 2.05) is 0 Å². The molecular weight excluding hydrogens is 681 g/mol. The van der Waals surface area contributed by atoms with Gasteiger partial charge in [-0.25, -0.2) is 0 Å². The van der Waals surface area contributed by atoms with E-state index in [9.17, 15) is 0 Å². The summed E-state index contributed by atoms with van der Waals surface area (Å²) in [6.07, 6.45) is 0. The third-order valence-electron chi connectivity index (χ3n) is 11.2. The van der Waals surface area contributed by atoms with Gasteiger partial charge in [-0.1, -0.05) is 121 Å². The second kappa shape index (κ2) is 11.8. The fourth-order valence-electron chi connectivity index (χ4n) is 8.82. The molecule has 0 atom stereocenters. The van der Waals surface area contributed by atoms with Crippen molar-refractivity contribution in [3.8, 4) is 44.5 Å². The number of fused-ring (bicyclic) bond motifs is 7. The summed E-state index contributed by atoms with van der Waals surface area (Å²) in [5.41, 5.74) is 14.5. The van der Waals surface area contributed by atoms with Crippen molar-refractivity contribution in [2.45, 2.75) is 13.8 Å². The minimum Gasteiger partial charge on any atom is -0.455 e. The van der Waals surface area contributed by atoms with Crippen molar-refractivity contribution < 1.29 is 4.42 Å². The molecule has 0 bridgehead atoms. The zero-order valence-corrected chi connectivity index (χ0v) is 30.9. The van der Waals surface area contributed by atoms with Crippen molar-refractivity contribution in [1.82, 2.24) is 0 Å². The summed E-state index contributed by atoms with van der Waals surface area (Å²) >= 11 is 3.54. The van der Waals surface area contributed by atoms with E-state index in [0.29, 0.717) is 0 Å². The van der Waals surface area contributed by atoms with Gasteiger partial charge < -0.3 is 4.42 Å². The predicted molar refractivity (Wildman–Crippen MR) is 231 cm³/mol. The monoisotopic (exact) mass is 712 g/mol. The molecule has 0 N–H and O–H groups in total. The molecule has 3 heterocycles. The molecule has 11 aromatic rings. The Kier molecular flexibility index (Phi) is 6.79. The van der Waals surface area contributed by atoms with Gasteiger partial charge in [0.15, 0.2) is 0 Å². The molecule has 0 fully saturated rings. The van der Waals surface area contributed by atoms with Gasteiger partial charge in [0.1, 0.15) is 11.2 Å². The summed E-state index contributed by atoms with van der Waals surface area (Å²) in [7, 11) is 0. The van der Waals surface area contributed by atoms with Gasteiger partial charge in [-0.05, 0) is 135 Å². The Balaban J connectivity index is 1.19. The molecule has 0 spiro atoms. The summed E-state index contributed by atoms with van der Waals surface area (Å²) < 4.78 is 6.91. The molecule has 53 heavy (non-hydrogen) atoms. The number of thiophene rings is 2. The Morgan fingerprint density at radius 1 is 0.358 bits per heavy atom. The van der Waals surface area contributed by atoms with E-state index in [-0.39, 0.29) is 0 Å². The van der Waals surface area contributed by atoms with Crippen LogP contribution < -0.4 is 0 Å². The normalized spacial score (nSPS) is 12.0. The van der Waals surface area contributed by atoms with Crippen LogP contribution in [0.1, 0.15) is 11.1 Å². The van der Waals surface area contributed by atoms with Gasteiger partial charge in [-0.15, -0.1) is 0 Å². The molecule has 0 aliphatic heterocycles. The second-order valence-corrected chi connectivity index (χ2v) is 15.6. The average molecular weight is 713 g/mol. The minimum absolute atomic E-state index is 0.898. The third kappa shape index (κ3) is 4.48. The summed E-state index contributed by atoms with van der Waals surface area (Å²) in [5.74, 6) is 0. The van der Waals surface area contributed by atoms with Crippen LogP contribution in [-0.2, 0) is 0 Å². The second-order valence-electron chi connectivity index (χ2n) is 14.1. The van der Waals surface area contributed by atoms with Crippen molar-refractivity contribution in [2.24, 2.45) is 0 Å². The molecule has 0 amide bonds. The molecule has 0 radical (unpaired) electrons. The highest BCUT2D eigenvalue weighted by Gasteiger charge is 2.22. The Labute approximate surface area is 315 Å². The van der Waals surface area contributed by atoms with Crippen LogP contribution in [0.5, 0.6) is 0 Å². The lowest BCUT2D eigenvalue weighted by molar-refractivity contribution is 0.670. The molecule has 0 aliphatic rings. The molecule has 0 unspecified atom stereocenters. The molecule has 11 rings (SSSR count). The summed E-state index contributed by atoms with van der Waals surface area (Å²) in [6.45, 7) is 4.44. The molecule has 0 saturated heterocycles. The quantitative estimate of drug-likeness (QED) is 0.166. The molecule has 1 nitrogen and oxygen atoms in total. The van der Waals surface area contributed by atoms with Gasteiger partial charge in [0.05, 0.1) is 0 Å². The highest BCUT2D eigenvalue weighted by atomic mass is 32.1. The van der Waals surface area contributed by atoms with Crippen molar-refractivity contribution in [1.29, 1.82) is 0 Å². The van der Waals surface area contributed by atoms with Crippen molar-refractivity contribution in [3.05, 3.63) is 166 Å². The summed E-state index contributed by atoms with van der Waals surface area (Å²) in [4.78, 5) is 0. The van der Waals surface area contributed by atoms with Crippen LogP contribution in [0.25, 0.3) is 110 Å². The number of furan rings is 1. The highest BCUT2D eigenvalue weighted by molar-refractivity contribution is 7.08. The number of benzene rings is 8. The topological polar surface area (TPSA) is 13.1 Å². The van der Waals surface area contributed by atoms with Crippen molar-refractivity contribution in [2.75, 3.05) is 0 Å². The average Bonchev–Trinajstić information content (AvgIpc) is 3.93.